The minimum absolute atomic E-state index is 0.420. The fraction of sp³-hybridized carbons (Fsp3) is 0.571. The van der Waals surface area contributed by atoms with Crippen LogP contribution in [0.2, 0.25) is 0 Å². The van der Waals surface area contributed by atoms with E-state index >= 15 is 0 Å². The fourth-order valence-electron chi connectivity index (χ4n) is 2.38. The van der Waals surface area contributed by atoms with Crippen LogP contribution >= 0.6 is 11.6 Å². The highest BCUT2D eigenvalue weighted by Crippen LogP contribution is 2.44. The summed E-state index contributed by atoms with van der Waals surface area (Å²) < 4.78 is 0. The molecule has 0 spiro atoms. The monoisotopic (exact) mass is 222 g/mol. The molecule has 1 aromatic rings. The Morgan fingerprint density at radius 2 is 1.93 bits per heavy atom. The minimum atomic E-state index is 0.420. The molecule has 1 aliphatic rings. The molecule has 1 saturated carbocycles. The molecule has 82 valence electrons. The highest BCUT2D eigenvalue weighted by molar-refractivity contribution is 6.18. The summed E-state index contributed by atoms with van der Waals surface area (Å²) in [5, 5.41) is 0. The van der Waals surface area contributed by atoms with Gasteiger partial charge in [0.1, 0.15) is 0 Å². The SMILES string of the molecule is Cc1ccc(CC2(CCl)CCC2)cc1C. The Balaban J connectivity index is 2.13. The standard InChI is InChI=1S/C14H19Cl/c1-11-4-5-13(8-12(11)2)9-14(10-15)6-3-7-14/h4-5,8H,3,6-7,9-10H2,1-2H3. The van der Waals surface area contributed by atoms with Crippen molar-refractivity contribution in [3.63, 3.8) is 0 Å². The lowest BCUT2D eigenvalue weighted by Crippen LogP contribution is -2.33. The molecule has 0 unspecified atom stereocenters. The quantitative estimate of drug-likeness (QED) is 0.671. The average Bonchev–Trinajstić information content (AvgIpc) is 2.17. The molecule has 1 fully saturated rings. The third-order valence-electron chi connectivity index (χ3n) is 3.85. The Hall–Kier alpha value is -0.490. The summed E-state index contributed by atoms with van der Waals surface area (Å²) in [6, 6.07) is 6.81. The molecular formula is C14H19Cl. The van der Waals surface area contributed by atoms with Gasteiger partial charge in [-0.25, -0.2) is 0 Å². The van der Waals surface area contributed by atoms with Crippen LogP contribution in [0.25, 0.3) is 0 Å². The fourth-order valence-corrected chi connectivity index (χ4v) is 2.74. The predicted molar refractivity (Wildman–Crippen MR) is 66.6 cm³/mol. The van der Waals surface area contributed by atoms with E-state index in [0.717, 1.165) is 12.3 Å². The number of alkyl halides is 1. The van der Waals surface area contributed by atoms with Crippen molar-refractivity contribution in [2.75, 3.05) is 5.88 Å². The molecular weight excluding hydrogens is 204 g/mol. The molecule has 0 nitrogen and oxygen atoms in total. The smallest absolute Gasteiger partial charge is 0.0283 e. The van der Waals surface area contributed by atoms with Crippen molar-refractivity contribution in [2.24, 2.45) is 5.41 Å². The van der Waals surface area contributed by atoms with Gasteiger partial charge in [-0.3, -0.25) is 0 Å². The topological polar surface area (TPSA) is 0 Å². The van der Waals surface area contributed by atoms with E-state index in [1.165, 1.54) is 36.0 Å². The van der Waals surface area contributed by atoms with Crippen molar-refractivity contribution < 1.29 is 0 Å². The second-order valence-electron chi connectivity index (χ2n) is 5.08. The molecule has 0 N–H and O–H groups in total. The largest absolute Gasteiger partial charge is 0.126 e. The van der Waals surface area contributed by atoms with Crippen LogP contribution in [-0.4, -0.2) is 5.88 Å². The van der Waals surface area contributed by atoms with Crippen LogP contribution in [-0.2, 0) is 6.42 Å². The van der Waals surface area contributed by atoms with Gasteiger partial charge in [0.2, 0.25) is 0 Å². The Kier molecular flexibility index (Phi) is 3.06. The Bertz CT molecular complexity index is 345. The van der Waals surface area contributed by atoms with E-state index in [1.807, 2.05) is 0 Å². The first-order valence-electron chi connectivity index (χ1n) is 5.77. The van der Waals surface area contributed by atoms with Crippen LogP contribution < -0.4 is 0 Å². The van der Waals surface area contributed by atoms with Crippen LogP contribution in [0.1, 0.15) is 36.0 Å². The van der Waals surface area contributed by atoms with Gasteiger partial charge in [0.15, 0.2) is 0 Å². The van der Waals surface area contributed by atoms with Gasteiger partial charge in [-0.2, -0.15) is 0 Å². The van der Waals surface area contributed by atoms with Gasteiger partial charge in [-0.05, 0) is 55.2 Å². The maximum absolute atomic E-state index is 6.08. The van der Waals surface area contributed by atoms with Crippen LogP contribution in [0.5, 0.6) is 0 Å². The first-order valence-corrected chi connectivity index (χ1v) is 6.31. The zero-order chi connectivity index (χ0) is 10.9. The molecule has 0 heterocycles. The maximum Gasteiger partial charge on any atom is 0.0283 e. The number of halogens is 1. The van der Waals surface area contributed by atoms with E-state index in [1.54, 1.807) is 0 Å². The number of hydrogen-bond acceptors (Lipinski definition) is 0. The Morgan fingerprint density at radius 1 is 1.20 bits per heavy atom. The number of aryl methyl sites for hydroxylation is 2. The first kappa shape index (κ1) is 11.0. The maximum atomic E-state index is 6.08. The number of hydrogen-bond donors (Lipinski definition) is 0. The summed E-state index contributed by atoms with van der Waals surface area (Å²) in [4.78, 5) is 0. The van der Waals surface area contributed by atoms with Gasteiger partial charge in [0, 0.05) is 5.88 Å². The van der Waals surface area contributed by atoms with Crippen molar-refractivity contribution in [1.82, 2.24) is 0 Å². The average molecular weight is 223 g/mol. The molecule has 0 amide bonds. The zero-order valence-corrected chi connectivity index (χ0v) is 10.4. The van der Waals surface area contributed by atoms with Crippen LogP contribution in [0.4, 0.5) is 0 Å². The summed E-state index contributed by atoms with van der Waals surface area (Å²) in [7, 11) is 0. The molecule has 0 radical (unpaired) electrons. The van der Waals surface area contributed by atoms with Crippen molar-refractivity contribution in [1.29, 1.82) is 0 Å². The number of benzene rings is 1. The van der Waals surface area contributed by atoms with Crippen LogP contribution in [0, 0.1) is 19.3 Å². The van der Waals surface area contributed by atoms with Crippen molar-refractivity contribution in [3.05, 3.63) is 34.9 Å². The molecule has 0 aliphatic heterocycles. The summed E-state index contributed by atoms with van der Waals surface area (Å²) in [6.45, 7) is 4.35. The number of rotatable bonds is 3. The van der Waals surface area contributed by atoms with Gasteiger partial charge in [-0.15, -0.1) is 11.6 Å². The van der Waals surface area contributed by atoms with E-state index < -0.39 is 0 Å². The van der Waals surface area contributed by atoms with E-state index in [0.29, 0.717) is 5.41 Å². The minimum Gasteiger partial charge on any atom is -0.126 e. The van der Waals surface area contributed by atoms with Crippen LogP contribution in [0.3, 0.4) is 0 Å². The van der Waals surface area contributed by atoms with Crippen molar-refractivity contribution >= 4 is 11.6 Å². The molecule has 15 heavy (non-hydrogen) atoms. The van der Waals surface area contributed by atoms with Crippen molar-refractivity contribution in [3.8, 4) is 0 Å². The Morgan fingerprint density at radius 3 is 2.40 bits per heavy atom. The molecule has 1 aliphatic carbocycles. The second-order valence-corrected chi connectivity index (χ2v) is 5.35. The zero-order valence-electron chi connectivity index (χ0n) is 9.65. The summed E-state index contributed by atoms with van der Waals surface area (Å²) in [5.74, 6) is 0.819. The highest BCUT2D eigenvalue weighted by Gasteiger charge is 2.35. The van der Waals surface area contributed by atoms with E-state index in [9.17, 15) is 0 Å². The van der Waals surface area contributed by atoms with Crippen molar-refractivity contribution in [2.45, 2.75) is 39.5 Å². The molecule has 1 heteroatoms. The third kappa shape index (κ3) is 2.20. The van der Waals surface area contributed by atoms with Gasteiger partial charge in [0.05, 0.1) is 0 Å². The van der Waals surface area contributed by atoms with Gasteiger partial charge in [-0.1, -0.05) is 24.6 Å². The molecule has 2 rings (SSSR count). The lowest BCUT2D eigenvalue weighted by atomic mass is 9.67. The summed E-state index contributed by atoms with van der Waals surface area (Å²) in [6.07, 6.45) is 5.14. The Labute approximate surface area is 97.6 Å². The molecule has 0 atom stereocenters. The normalized spacial score (nSPS) is 18.6. The van der Waals surface area contributed by atoms with Crippen LogP contribution in [0.15, 0.2) is 18.2 Å². The molecule has 0 saturated heterocycles. The molecule has 0 aromatic heterocycles. The molecule has 1 aromatic carbocycles. The molecule has 0 bridgehead atoms. The first-order chi connectivity index (χ1) is 7.15. The van der Waals surface area contributed by atoms with Gasteiger partial charge in [0.25, 0.3) is 0 Å². The van der Waals surface area contributed by atoms with Gasteiger partial charge >= 0.3 is 0 Å². The lowest BCUT2D eigenvalue weighted by molar-refractivity contribution is 0.166. The summed E-state index contributed by atoms with van der Waals surface area (Å²) >= 11 is 6.08. The lowest BCUT2D eigenvalue weighted by Gasteiger charge is -2.40. The summed E-state index contributed by atoms with van der Waals surface area (Å²) in [5.41, 5.74) is 4.66. The van der Waals surface area contributed by atoms with E-state index in [-0.39, 0.29) is 0 Å². The van der Waals surface area contributed by atoms with E-state index in [4.69, 9.17) is 11.6 Å². The predicted octanol–water partition coefficient (Wildman–Crippen LogP) is 4.26. The highest BCUT2D eigenvalue weighted by atomic mass is 35.5. The second kappa shape index (κ2) is 4.17. The third-order valence-corrected chi connectivity index (χ3v) is 4.42. The van der Waals surface area contributed by atoms with E-state index in [2.05, 4.69) is 32.0 Å². The van der Waals surface area contributed by atoms with Gasteiger partial charge < -0.3 is 0 Å².